The summed E-state index contributed by atoms with van der Waals surface area (Å²) in [6.07, 6.45) is -4.77. The highest BCUT2D eigenvalue weighted by molar-refractivity contribution is 7.09. The van der Waals surface area contributed by atoms with Crippen LogP contribution in [0.5, 0.6) is 0 Å². The number of amides is 1. The first-order chi connectivity index (χ1) is 9.27. The Morgan fingerprint density at radius 3 is 2.62 bits per heavy atom. The maximum absolute atomic E-state index is 12.4. The largest absolute Gasteiger partial charge is 0.434 e. The lowest BCUT2D eigenvalue weighted by molar-refractivity contribution is -0.140. The number of methoxy groups -OCH3 is 1. The molecule has 0 radical (unpaired) electrons. The van der Waals surface area contributed by atoms with Crippen LogP contribution in [0.3, 0.4) is 0 Å². The van der Waals surface area contributed by atoms with Gasteiger partial charge in [0.1, 0.15) is 5.01 Å². The molecule has 0 spiro atoms. The first-order valence-electron chi connectivity index (χ1n) is 5.76. The zero-order valence-corrected chi connectivity index (χ0v) is 13.1. The van der Waals surface area contributed by atoms with Crippen LogP contribution in [0.4, 0.5) is 13.2 Å². The van der Waals surface area contributed by atoms with Crippen LogP contribution in [-0.4, -0.2) is 42.6 Å². The van der Waals surface area contributed by atoms with Crippen molar-refractivity contribution in [3.05, 3.63) is 16.1 Å². The fraction of sp³-hybridized carbons (Fsp3) is 0.636. The molecule has 0 aliphatic rings. The number of ether oxygens (including phenoxy) is 1. The molecule has 1 heterocycles. The van der Waals surface area contributed by atoms with Crippen LogP contribution in [0, 0.1) is 0 Å². The first-order valence-corrected chi connectivity index (χ1v) is 6.64. The molecule has 1 aromatic rings. The van der Waals surface area contributed by atoms with E-state index in [1.54, 1.807) is 0 Å². The average molecular weight is 348 g/mol. The van der Waals surface area contributed by atoms with Gasteiger partial charge in [0, 0.05) is 26.1 Å². The van der Waals surface area contributed by atoms with E-state index in [1.165, 1.54) is 19.1 Å². The molecule has 122 valence electrons. The van der Waals surface area contributed by atoms with Gasteiger partial charge in [-0.05, 0) is 0 Å². The van der Waals surface area contributed by atoms with E-state index >= 15 is 0 Å². The van der Waals surface area contributed by atoms with Crippen molar-refractivity contribution in [1.82, 2.24) is 9.88 Å². The van der Waals surface area contributed by atoms with Crippen LogP contribution >= 0.6 is 23.7 Å². The molecule has 1 aromatic heterocycles. The van der Waals surface area contributed by atoms with Gasteiger partial charge in [-0.15, -0.1) is 23.7 Å². The van der Waals surface area contributed by atoms with Gasteiger partial charge in [0.25, 0.3) is 0 Å². The molecule has 0 fully saturated rings. The van der Waals surface area contributed by atoms with Gasteiger partial charge in [-0.3, -0.25) is 4.79 Å². The molecule has 0 aliphatic carbocycles. The van der Waals surface area contributed by atoms with Crippen molar-refractivity contribution in [2.24, 2.45) is 5.73 Å². The van der Waals surface area contributed by atoms with E-state index in [2.05, 4.69) is 4.98 Å². The normalized spacial score (nSPS) is 12.7. The molecule has 5 nitrogen and oxygen atoms in total. The highest BCUT2D eigenvalue weighted by Crippen LogP contribution is 2.30. The topological polar surface area (TPSA) is 68.5 Å². The minimum absolute atomic E-state index is 0. The fourth-order valence-corrected chi connectivity index (χ4v) is 2.27. The maximum atomic E-state index is 12.4. The highest BCUT2D eigenvalue weighted by Gasteiger charge is 2.33. The SMILES string of the molecule is COC(CN)CC(=O)N(C)Cc1nc(C(F)(F)F)cs1.Cl. The molecule has 0 aromatic carbocycles. The van der Waals surface area contributed by atoms with E-state index < -0.39 is 18.0 Å². The van der Waals surface area contributed by atoms with Gasteiger partial charge in [0.05, 0.1) is 19.1 Å². The number of nitrogens with two attached hydrogens (primary N) is 1. The summed E-state index contributed by atoms with van der Waals surface area (Å²) in [5.41, 5.74) is 4.47. The molecule has 0 aliphatic heterocycles. The molecule has 1 atom stereocenters. The number of hydrogen-bond donors (Lipinski definition) is 1. The summed E-state index contributed by atoms with van der Waals surface area (Å²) < 4.78 is 42.2. The fourth-order valence-electron chi connectivity index (χ4n) is 1.42. The number of carbonyl (C=O) groups is 1. The van der Waals surface area contributed by atoms with Crippen LogP contribution in [0.25, 0.3) is 0 Å². The maximum Gasteiger partial charge on any atom is 0.434 e. The van der Waals surface area contributed by atoms with Crippen molar-refractivity contribution in [3.63, 3.8) is 0 Å². The van der Waals surface area contributed by atoms with Crippen molar-refractivity contribution < 1.29 is 22.7 Å². The smallest absolute Gasteiger partial charge is 0.380 e. The predicted octanol–water partition coefficient (Wildman–Crippen LogP) is 1.91. The van der Waals surface area contributed by atoms with E-state index in [0.717, 1.165) is 16.7 Å². The Morgan fingerprint density at radius 1 is 1.57 bits per heavy atom. The number of thiazole rings is 1. The molecule has 1 unspecified atom stereocenters. The Hall–Kier alpha value is -0.900. The van der Waals surface area contributed by atoms with Crippen LogP contribution in [0.15, 0.2) is 5.38 Å². The van der Waals surface area contributed by atoms with Crippen molar-refractivity contribution in [2.45, 2.75) is 25.2 Å². The van der Waals surface area contributed by atoms with Gasteiger partial charge in [0.15, 0.2) is 5.69 Å². The summed E-state index contributed by atoms with van der Waals surface area (Å²) in [5, 5.41) is 1.17. The Morgan fingerprint density at radius 2 is 2.19 bits per heavy atom. The summed E-state index contributed by atoms with van der Waals surface area (Å²) >= 11 is 0.872. The molecule has 0 saturated heterocycles. The van der Waals surface area contributed by atoms with E-state index in [-0.39, 0.29) is 42.8 Å². The quantitative estimate of drug-likeness (QED) is 0.853. The van der Waals surface area contributed by atoms with Gasteiger partial charge in [0.2, 0.25) is 5.91 Å². The third-order valence-corrected chi connectivity index (χ3v) is 3.47. The highest BCUT2D eigenvalue weighted by atomic mass is 35.5. The minimum Gasteiger partial charge on any atom is -0.380 e. The number of rotatable bonds is 6. The van der Waals surface area contributed by atoms with E-state index in [0.29, 0.717) is 0 Å². The van der Waals surface area contributed by atoms with Crippen LogP contribution in [0.1, 0.15) is 17.1 Å². The van der Waals surface area contributed by atoms with Crippen LogP contribution in [-0.2, 0) is 22.3 Å². The third-order valence-electron chi connectivity index (χ3n) is 2.64. The Kier molecular flexibility index (Phi) is 8.16. The van der Waals surface area contributed by atoms with Gasteiger partial charge < -0.3 is 15.4 Å². The summed E-state index contributed by atoms with van der Waals surface area (Å²) in [4.78, 5) is 16.6. The molecule has 1 amide bonds. The Bertz CT molecular complexity index is 452. The number of aromatic nitrogens is 1. The second kappa shape index (κ2) is 8.52. The molecule has 0 saturated carbocycles. The molecule has 1 rings (SSSR count). The van der Waals surface area contributed by atoms with Gasteiger partial charge in [-0.1, -0.05) is 0 Å². The van der Waals surface area contributed by atoms with Crippen molar-refractivity contribution in [2.75, 3.05) is 20.7 Å². The van der Waals surface area contributed by atoms with Gasteiger partial charge in [-0.2, -0.15) is 13.2 Å². The Labute approximate surface area is 130 Å². The third kappa shape index (κ3) is 6.16. The first kappa shape index (κ1) is 20.1. The second-order valence-electron chi connectivity index (χ2n) is 4.17. The monoisotopic (exact) mass is 347 g/mol. The van der Waals surface area contributed by atoms with Crippen LogP contribution in [0.2, 0.25) is 0 Å². The lowest BCUT2D eigenvalue weighted by Crippen LogP contribution is -2.33. The van der Waals surface area contributed by atoms with Crippen LogP contribution < -0.4 is 5.73 Å². The van der Waals surface area contributed by atoms with E-state index in [9.17, 15) is 18.0 Å². The second-order valence-corrected chi connectivity index (χ2v) is 5.11. The van der Waals surface area contributed by atoms with Gasteiger partial charge in [-0.25, -0.2) is 4.98 Å². The van der Waals surface area contributed by atoms with Crippen molar-refractivity contribution in [1.29, 1.82) is 0 Å². The predicted molar refractivity (Wildman–Crippen MR) is 75.3 cm³/mol. The molecule has 10 heteroatoms. The lowest BCUT2D eigenvalue weighted by atomic mass is 10.2. The summed E-state index contributed by atoms with van der Waals surface area (Å²) in [7, 11) is 2.95. The number of hydrogen-bond acceptors (Lipinski definition) is 5. The zero-order chi connectivity index (χ0) is 15.3. The standard InChI is InChI=1S/C11H16F3N3O2S.ClH/c1-17(10(18)3-7(4-15)19-2)5-9-16-8(6-20-9)11(12,13)14;/h6-7H,3-5,15H2,1-2H3;1H. The lowest BCUT2D eigenvalue weighted by Gasteiger charge is -2.19. The molecular formula is C11H17ClF3N3O2S. The molecule has 2 N–H and O–H groups in total. The Balaban J connectivity index is 0.00000400. The summed E-state index contributed by atoms with van der Waals surface area (Å²) in [6, 6.07) is 0. The number of alkyl halides is 3. The molecule has 0 bridgehead atoms. The minimum atomic E-state index is -4.46. The van der Waals surface area contributed by atoms with E-state index in [4.69, 9.17) is 10.5 Å². The number of nitrogens with zero attached hydrogens (tertiary/aromatic N) is 2. The molecule has 21 heavy (non-hydrogen) atoms. The number of carbonyl (C=O) groups excluding carboxylic acids is 1. The number of halogens is 4. The van der Waals surface area contributed by atoms with Crippen molar-refractivity contribution >= 4 is 29.7 Å². The average Bonchev–Trinajstić information content (AvgIpc) is 2.83. The van der Waals surface area contributed by atoms with E-state index in [1.807, 2.05) is 0 Å². The molecular weight excluding hydrogens is 331 g/mol. The zero-order valence-electron chi connectivity index (χ0n) is 11.5. The summed E-state index contributed by atoms with van der Waals surface area (Å²) in [5.74, 6) is -0.258. The van der Waals surface area contributed by atoms with Gasteiger partial charge >= 0.3 is 6.18 Å². The van der Waals surface area contributed by atoms with Crippen molar-refractivity contribution in [3.8, 4) is 0 Å². The summed E-state index contributed by atoms with van der Waals surface area (Å²) in [6.45, 7) is 0.228.